The highest BCUT2D eigenvalue weighted by Crippen LogP contribution is 2.35. The molecule has 8 nitrogen and oxygen atoms in total. The van der Waals surface area contributed by atoms with Crippen molar-refractivity contribution in [1.29, 1.82) is 0 Å². The topological polar surface area (TPSA) is 101 Å². The predicted octanol–water partition coefficient (Wildman–Crippen LogP) is 4.12. The number of anilines is 2. The van der Waals surface area contributed by atoms with Gasteiger partial charge in [-0.05, 0) is 62.6 Å². The van der Waals surface area contributed by atoms with Crippen molar-refractivity contribution >= 4 is 17.5 Å². The molecule has 0 spiro atoms. The van der Waals surface area contributed by atoms with Crippen LogP contribution >= 0.6 is 0 Å². The van der Waals surface area contributed by atoms with Gasteiger partial charge < -0.3 is 20.7 Å². The van der Waals surface area contributed by atoms with E-state index in [1.165, 1.54) is 18.3 Å². The molecule has 2 aliphatic rings. The second-order valence-electron chi connectivity index (χ2n) is 8.41. The molecule has 3 heterocycles. The van der Waals surface area contributed by atoms with E-state index in [0.29, 0.717) is 17.2 Å². The number of halogens is 2. The third-order valence-electron chi connectivity index (χ3n) is 5.79. The molecule has 3 N–H and O–H groups in total. The molecular weight excluding hydrogens is 442 g/mol. The summed E-state index contributed by atoms with van der Waals surface area (Å²) in [5.41, 5.74) is 0.811. The highest BCUT2D eigenvalue weighted by molar-refractivity contribution is 5.94. The maximum atomic E-state index is 14.8. The van der Waals surface area contributed by atoms with Crippen molar-refractivity contribution in [3.8, 4) is 22.9 Å². The molecule has 1 aliphatic carbocycles. The number of hydrogen-bond donors (Lipinski definition) is 3. The number of piperidine rings is 1. The minimum atomic E-state index is -1.21. The summed E-state index contributed by atoms with van der Waals surface area (Å²) in [7, 11) is 0. The standard InChI is InChI=1S/C24H24F2N6O2/c25-20-18(31-22(33)14-5-6-14)7-8-19(21(20)26)34-23-16(4-2-11-28-23)17-9-12-29-24(32-17)30-15-3-1-10-27-13-15/h2,4,7-9,11-12,14-15,27H,1,3,5-6,10,13H2,(H,31,33)(H,29,30,32). The average Bonchev–Trinajstić information content (AvgIpc) is 3.71. The van der Waals surface area contributed by atoms with E-state index >= 15 is 0 Å². The van der Waals surface area contributed by atoms with Crippen LogP contribution in [0.2, 0.25) is 0 Å². The molecule has 34 heavy (non-hydrogen) atoms. The molecule has 1 saturated carbocycles. The van der Waals surface area contributed by atoms with Gasteiger partial charge in [-0.1, -0.05) is 0 Å². The number of pyridine rings is 1. The van der Waals surface area contributed by atoms with Crippen LogP contribution in [0.5, 0.6) is 11.6 Å². The van der Waals surface area contributed by atoms with Crippen molar-refractivity contribution in [1.82, 2.24) is 20.3 Å². The van der Waals surface area contributed by atoms with Crippen molar-refractivity contribution in [2.75, 3.05) is 23.7 Å². The van der Waals surface area contributed by atoms with Crippen molar-refractivity contribution in [2.24, 2.45) is 5.92 Å². The number of benzene rings is 1. The zero-order valence-corrected chi connectivity index (χ0v) is 18.4. The Morgan fingerprint density at radius 2 is 1.94 bits per heavy atom. The van der Waals surface area contributed by atoms with E-state index in [-0.39, 0.29) is 35.2 Å². The molecule has 176 valence electrons. The Labute approximate surface area is 195 Å². The maximum Gasteiger partial charge on any atom is 0.228 e. The monoisotopic (exact) mass is 466 g/mol. The Bertz CT molecular complexity index is 1200. The SMILES string of the molecule is O=C(Nc1ccc(Oc2ncccc2-c2ccnc(NC3CCCNC3)n2)c(F)c1F)C1CC1. The first-order chi connectivity index (χ1) is 16.6. The Kier molecular flexibility index (Phi) is 6.31. The zero-order chi connectivity index (χ0) is 23.5. The molecule has 1 amide bonds. The summed E-state index contributed by atoms with van der Waals surface area (Å²) in [4.78, 5) is 25.0. The van der Waals surface area contributed by atoms with E-state index in [1.54, 1.807) is 24.4 Å². The summed E-state index contributed by atoms with van der Waals surface area (Å²) < 4.78 is 35.0. The second kappa shape index (κ2) is 9.68. The molecule has 1 aromatic carbocycles. The fourth-order valence-corrected chi connectivity index (χ4v) is 3.79. The number of amides is 1. The Morgan fingerprint density at radius 1 is 1.06 bits per heavy atom. The van der Waals surface area contributed by atoms with Gasteiger partial charge in [0.05, 0.1) is 16.9 Å². The van der Waals surface area contributed by atoms with E-state index in [0.717, 1.165) is 38.8 Å². The second-order valence-corrected chi connectivity index (χ2v) is 8.41. The molecule has 0 radical (unpaired) electrons. The smallest absolute Gasteiger partial charge is 0.228 e. The molecule has 1 unspecified atom stereocenters. The van der Waals surface area contributed by atoms with Gasteiger partial charge in [0, 0.05) is 30.9 Å². The van der Waals surface area contributed by atoms with E-state index in [9.17, 15) is 13.6 Å². The molecule has 0 bridgehead atoms. The van der Waals surface area contributed by atoms with Crippen molar-refractivity contribution < 1.29 is 18.3 Å². The van der Waals surface area contributed by atoms with E-state index < -0.39 is 11.6 Å². The van der Waals surface area contributed by atoms with Gasteiger partial charge in [-0.2, -0.15) is 4.39 Å². The van der Waals surface area contributed by atoms with Gasteiger partial charge in [-0.15, -0.1) is 0 Å². The summed E-state index contributed by atoms with van der Waals surface area (Å²) in [5.74, 6) is -2.64. The quantitative estimate of drug-likeness (QED) is 0.482. The number of nitrogens with zero attached hydrogens (tertiary/aromatic N) is 3. The van der Waals surface area contributed by atoms with Crippen LogP contribution in [-0.2, 0) is 4.79 Å². The largest absolute Gasteiger partial charge is 0.435 e. The van der Waals surface area contributed by atoms with Gasteiger partial charge in [-0.25, -0.2) is 19.3 Å². The number of carbonyl (C=O) groups excluding carboxylic acids is 1. The lowest BCUT2D eigenvalue weighted by molar-refractivity contribution is -0.117. The fraction of sp³-hybridized carbons (Fsp3) is 0.333. The minimum absolute atomic E-state index is 0.0690. The highest BCUT2D eigenvalue weighted by atomic mass is 19.2. The van der Waals surface area contributed by atoms with Crippen molar-refractivity contribution in [2.45, 2.75) is 31.7 Å². The third-order valence-corrected chi connectivity index (χ3v) is 5.79. The number of hydrogen-bond acceptors (Lipinski definition) is 7. The molecule has 1 aliphatic heterocycles. The van der Waals surface area contributed by atoms with Crippen LogP contribution in [0.15, 0.2) is 42.7 Å². The van der Waals surface area contributed by atoms with Crippen LogP contribution in [0.25, 0.3) is 11.3 Å². The third kappa shape index (κ3) is 4.96. The Hall–Kier alpha value is -3.66. The van der Waals surface area contributed by atoms with Gasteiger partial charge in [0.25, 0.3) is 0 Å². The zero-order valence-electron chi connectivity index (χ0n) is 18.4. The number of rotatable bonds is 7. The summed E-state index contributed by atoms with van der Waals surface area (Å²) in [6.07, 6.45) is 6.72. The molecule has 2 aromatic heterocycles. The van der Waals surface area contributed by atoms with E-state index in [1.807, 2.05) is 0 Å². The Morgan fingerprint density at radius 3 is 2.74 bits per heavy atom. The van der Waals surface area contributed by atoms with Crippen LogP contribution in [0.1, 0.15) is 25.7 Å². The Balaban J connectivity index is 1.37. The molecule has 5 rings (SSSR count). The molecule has 2 fully saturated rings. The normalized spacial score (nSPS) is 17.8. The number of aromatic nitrogens is 3. The molecule has 10 heteroatoms. The van der Waals surface area contributed by atoms with Crippen LogP contribution in [-0.4, -0.2) is 40.0 Å². The summed E-state index contributed by atoms with van der Waals surface area (Å²) in [5, 5.41) is 9.08. The summed E-state index contributed by atoms with van der Waals surface area (Å²) >= 11 is 0. The van der Waals surface area contributed by atoms with Gasteiger partial charge in [-0.3, -0.25) is 4.79 Å². The van der Waals surface area contributed by atoms with Gasteiger partial charge in [0.2, 0.25) is 23.6 Å². The summed E-state index contributed by atoms with van der Waals surface area (Å²) in [6, 6.07) is 7.90. The van der Waals surface area contributed by atoms with Crippen LogP contribution in [0.4, 0.5) is 20.4 Å². The van der Waals surface area contributed by atoms with E-state index in [4.69, 9.17) is 4.74 Å². The van der Waals surface area contributed by atoms with Gasteiger partial charge in [0.15, 0.2) is 11.6 Å². The number of nitrogens with one attached hydrogen (secondary N) is 3. The fourth-order valence-electron chi connectivity index (χ4n) is 3.79. The summed E-state index contributed by atoms with van der Waals surface area (Å²) in [6.45, 7) is 1.83. The van der Waals surface area contributed by atoms with Crippen LogP contribution in [0.3, 0.4) is 0 Å². The molecular formula is C24H24F2N6O2. The van der Waals surface area contributed by atoms with Gasteiger partial charge >= 0.3 is 0 Å². The highest BCUT2D eigenvalue weighted by Gasteiger charge is 2.30. The lowest BCUT2D eigenvalue weighted by atomic mass is 10.1. The first kappa shape index (κ1) is 22.1. The predicted molar refractivity (Wildman–Crippen MR) is 123 cm³/mol. The van der Waals surface area contributed by atoms with Crippen LogP contribution < -0.4 is 20.7 Å². The first-order valence-corrected chi connectivity index (χ1v) is 11.3. The first-order valence-electron chi connectivity index (χ1n) is 11.3. The van der Waals surface area contributed by atoms with Crippen molar-refractivity contribution in [3.05, 3.63) is 54.4 Å². The minimum Gasteiger partial charge on any atom is -0.435 e. The molecule has 1 saturated heterocycles. The number of carbonyl (C=O) groups is 1. The van der Waals surface area contributed by atoms with Crippen LogP contribution in [0, 0.1) is 17.6 Å². The van der Waals surface area contributed by atoms with Crippen molar-refractivity contribution in [3.63, 3.8) is 0 Å². The average molecular weight is 466 g/mol. The molecule has 3 aromatic rings. The lowest BCUT2D eigenvalue weighted by Gasteiger charge is -2.23. The number of ether oxygens (including phenoxy) is 1. The van der Waals surface area contributed by atoms with Gasteiger partial charge in [0.1, 0.15) is 0 Å². The van der Waals surface area contributed by atoms with E-state index in [2.05, 4.69) is 30.9 Å². The molecule has 1 atom stereocenters. The lowest BCUT2D eigenvalue weighted by Crippen LogP contribution is -2.38. The maximum absolute atomic E-state index is 14.8.